The molecule has 0 aliphatic carbocycles. The number of primary amides is 1. The van der Waals surface area contributed by atoms with Crippen LogP contribution in [0, 0.1) is 10.1 Å². The maximum atomic E-state index is 11.5. The molecule has 1 amide bonds. The van der Waals surface area contributed by atoms with E-state index in [1.807, 2.05) is 6.92 Å². The molecule has 1 fully saturated rings. The van der Waals surface area contributed by atoms with Crippen molar-refractivity contribution in [1.82, 2.24) is 4.98 Å². The molecular weight excluding hydrogens is 278 g/mol. The fourth-order valence-corrected chi connectivity index (χ4v) is 2.17. The summed E-state index contributed by atoms with van der Waals surface area (Å²) in [5.74, 6) is 0.0398. The van der Waals surface area contributed by atoms with E-state index in [0.29, 0.717) is 25.5 Å². The van der Waals surface area contributed by atoms with Gasteiger partial charge in [0, 0.05) is 19.2 Å². The zero-order valence-electron chi connectivity index (χ0n) is 11.6. The Hall–Kier alpha value is -2.42. The van der Waals surface area contributed by atoms with Crippen molar-refractivity contribution >= 4 is 23.2 Å². The second-order valence-corrected chi connectivity index (χ2v) is 4.51. The first-order valence-corrected chi connectivity index (χ1v) is 6.57. The number of morpholine rings is 1. The molecule has 1 unspecified atom stereocenters. The predicted octanol–water partition coefficient (Wildman–Crippen LogP) is 0.112. The van der Waals surface area contributed by atoms with Gasteiger partial charge in [0.15, 0.2) is 0 Å². The second kappa shape index (κ2) is 6.35. The molecule has 0 radical (unpaired) electrons. The number of rotatable bonds is 5. The summed E-state index contributed by atoms with van der Waals surface area (Å²) in [6, 6.07) is 2.14. The highest BCUT2D eigenvalue weighted by Crippen LogP contribution is 2.30. The number of hydrogen-bond acceptors (Lipinski definition) is 7. The van der Waals surface area contributed by atoms with Crippen molar-refractivity contribution in [3.8, 4) is 0 Å². The van der Waals surface area contributed by atoms with Gasteiger partial charge >= 0.3 is 5.69 Å². The van der Waals surface area contributed by atoms with Gasteiger partial charge in [-0.2, -0.15) is 0 Å². The Kier molecular flexibility index (Phi) is 4.53. The van der Waals surface area contributed by atoms with Crippen molar-refractivity contribution in [3.63, 3.8) is 0 Å². The van der Waals surface area contributed by atoms with Gasteiger partial charge in [-0.05, 0) is 13.0 Å². The molecule has 0 bridgehead atoms. The van der Waals surface area contributed by atoms with Crippen LogP contribution in [0.5, 0.6) is 0 Å². The van der Waals surface area contributed by atoms with Gasteiger partial charge in [-0.25, -0.2) is 4.98 Å². The number of hydrogen-bond donors (Lipinski definition) is 2. The molecule has 1 aliphatic heterocycles. The fourth-order valence-electron chi connectivity index (χ4n) is 2.17. The van der Waals surface area contributed by atoms with Crippen LogP contribution in [-0.2, 0) is 9.53 Å². The number of nitrogens with two attached hydrogens (primary N) is 1. The molecule has 1 atom stereocenters. The van der Waals surface area contributed by atoms with Crippen LogP contribution in [0.15, 0.2) is 12.1 Å². The number of ether oxygens (including phenoxy) is 1. The Bertz CT molecular complexity index is 550. The summed E-state index contributed by atoms with van der Waals surface area (Å²) < 4.78 is 5.22. The number of carbonyl (C=O) groups is 1. The highest BCUT2D eigenvalue weighted by Gasteiger charge is 2.33. The minimum Gasteiger partial charge on any atom is -0.377 e. The number of amides is 1. The maximum Gasteiger partial charge on any atom is 0.311 e. The highest BCUT2D eigenvalue weighted by molar-refractivity contribution is 5.84. The van der Waals surface area contributed by atoms with Crippen molar-refractivity contribution in [2.24, 2.45) is 5.73 Å². The maximum absolute atomic E-state index is 11.5. The number of pyridine rings is 1. The average molecular weight is 295 g/mol. The Morgan fingerprint density at radius 3 is 3.05 bits per heavy atom. The van der Waals surface area contributed by atoms with E-state index in [4.69, 9.17) is 10.5 Å². The highest BCUT2D eigenvalue weighted by atomic mass is 16.6. The molecule has 1 aliphatic rings. The minimum atomic E-state index is -0.762. The standard InChI is InChI=1S/C12H17N5O4/c1-2-14-10-4-3-8(17(19)20)12(15-10)16-5-6-21-7-9(16)11(13)18/h3-4,9H,2,5-7H2,1H3,(H2,13,18)(H,14,15). The van der Waals surface area contributed by atoms with Gasteiger partial charge in [0.25, 0.3) is 0 Å². The van der Waals surface area contributed by atoms with E-state index < -0.39 is 16.9 Å². The van der Waals surface area contributed by atoms with Crippen molar-refractivity contribution in [2.45, 2.75) is 13.0 Å². The lowest BCUT2D eigenvalue weighted by Crippen LogP contribution is -2.53. The lowest BCUT2D eigenvalue weighted by molar-refractivity contribution is -0.384. The molecule has 21 heavy (non-hydrogen) atoms. The normalized spacial score (nSPS) is 18.3. The van der Waals surface area contributed by atoms with Crippen LogP contribution in [0.4, 0.5) is 17.3 Å². The molecule has 1 aromatic heterocycles. The molecule has 9 heteroatoms. The smallest absolute Gasteiger partial charge is 0.311 e. The molecule has 9 nitrogen and oxygen atoms in total. The van der Waals surface area contributed by atoms with E-state index >= 15 is 0 Å². The van der Waals surface area contributed by atoms with E-state index in [2.05, 4.69) is 10.3 Å². The zero-order chi connectivity index (χ0) is 15.4. The summed E-state index contributed by atoms with van der Waals surface area (Å²) in [7, 11) is 0. The zero-order valence-corrected chi connectivity index (χ0v) is 11.6. The molecule has 3 N–H and O–H groups in total. The number of nitrogens with zero attached hydrogens (tertiary/aromatic N) is 3. The predicted molar refractivity (Wildman–Crippen MR) is 76.2 cm³/mol. The molecule has 2 heterocycles. The van der Waals surface area contributed by atoms with Gasteiger partial charge in [-0.1, -0.05) is 0 Å². The molecule has 2 rings (SSSR count). The van der Waals surface area contributed by atoms with E-state index in [9.17, 15) is 14.9 Å². The van der Waals surface area contributed by atoms with E-state index in [1.165, 1.54) is 17.0 Å². The van der Waals surface area contributed by atoms with Crippen LogP contribution in [0.25, 0.3) is 0 Å². The molecule has 1 saturated heterocycles. The lowest BCUT2D eigenvalue weighted by atomic mass is 10.2. The first-order valence-electron chi connectivity index (χ1n) is 6.57. The lowest BCUT2D eigenvalue weighted by Gasteiger charge is -2.34. The first kappa shape index (κ1) is 15.0. The number of nitrogens with one attached hydrogen (secondary N) is 1. The second-order valence-electron chi connectivity index (χ2n) is 4.51. The number of nitro groups is 1. The van der Waals surface area contributed by atoms with Gasteiger partial charge < -0.3 is 20.7 Å². The Morgan fingerprint density at radius 1 is 1.67 bits per heavy atom. The van der Waals surface area contributed by atoms with Gasteiger partial charge in [0.05, 0.1) is 18.1 Å². The Balaban J connectivity index is 2.44. The summed E-state index contributed by atoms with van der Waals surface area (Å²) in [5.41, 5.74) is 5.18. The molecule has 1 aromatic rings. The van der Waals surface area contributed by atoms with Crippen LogP contribution >= 0.6 is 0 Å². The number of anilines is 2. The summed E-state index contributed by atoms with van der Waals surface area (Å²) in [6.45, 7) is 3.29. The monoisotopic (exact) mass is 295 g/mol. The summed E-state index contributed by atoms with van der Waals surface area (Å²) in [5, 5.41) is 14.2. The van der Waals surface area contributed by atoms with E-state index in [0.717, 1.165) is 0 Å². The fraction of sp³-hybridized carbons (Fsp3) is 0.500. The van der Waals surface area contributed by atoms with Crippen molar-refractivity contribution < 1.29 is 14.5 Å². The summed E-state index contributed by atoms with van der Waals surface area (Å²) in [6.07, 6.45) is 0. The quantitative estimate of drug-likeness (QED) is 0.583. The molecule has 0 aromatic carbocycles. The van der Waals surface area contributed by atoms with Crippen LogP contribution in [0.2, 0.25) is 0 Å². The van der Waals surface area contributed by atoms with Crippen molar-refractivity contribution in [2.75, 3.05) is 36.5 Å². The minimum absolute atomic E-state index is 0.0968. The van der Waals surface area contributed by atoms with Gasteiger partial charge in [-0.3, -0.25) is 14.9 Å². The van der Waals surface area contributed by atoms with Crippen LogP contribution in [0.3, 0.4) is 0 Å². The Morgan fingerprint density at radius 2 is 2.43 bits per heavy atom. The molecule has 0 saturated carbocycles. The number of carbonyl (C=O) groups excluding carboxylic acids is 1. The van der Waals surface area contributed by atoms with Gasteiger partial charge in [0.2, 0.25) is 11.7 Å². The summed E-state index contributed by atoms with van der Waals surface area (Å²) >= 11 is 0. The third-order valence-corrected chi connectivity index (χ3v) is 3.14. The van der Waals surface area contributed by atoms with Gasteiger partial charge in [0.1, 0.15) is 11.9 Å². The number of aromatic nitrogens is 1. The summed E-state index contributed by atoms with van der Waals surface area (Å²) in [4.78, 5) is 28.0. The third-order valence-electron chi connectivity index (χ3n) is 3.14. The SMILES string of the molecule is CCNc1ccc([N+](=O)[O-])c(N2CCOCC2C(N)=O)n1. The molecule has 0 spiro atoms. The topological polar surface area (TPSA) is 124 Å². The van der Waals surface area contributed by atoms with Crippen molar-refractivity contribution in [3.05, 3.63) is 22.2 Å². The van der Waals surface area contributed by atoms with Crippen molar-refractivity contribution in [1.29, 1.82) is 0 Å². The van der Waals surface area contributed by atoms with E-state index in [-0.39, 0.29) is 18.1 Å². The molecule has 114 valence electrons. The molecular formula is C12H17N5O4. The largest absolute Gasteiger partial charge is 0.377 e. The van der Waals surface area contributed by atoms with Gasteiger partial charge in [-0.15, -0.1) is 0 Å². The Labute approximate surface area is 121 Å². The van der Waals surface area contributed by atoms with Crippen LogP contribution in [-0.4, -0.2) is 48.2 Å². The average Bonchev–Trinajstić information content (AvgIpc) is 2.47. The van der Waals surface area contributed by atoms with Crippen LogP contribution in [0.1, 0.15) is 6.92 Å². The van der Waals surface area contributed by atoms with E-state index in [1.54, 1.807) is 0 Å². The first-order chi connectivity index (χ1) is 10.0. The third kappa shape index (κ3) is 3.19. The van der Waals surface area contributed by atoms with Crippen LogP contribution < -0.4 is 16.0 Å².